The third-order valence-electron chi connectivity index (χ3n) is 7.39. The average molecular weight is 407 g/mol. The second-order valence-electron chi connectivity index (χ2n) is 8.88. The lowest BCUT2D eigenvalue weighted by atomic mass is 9.58. The highest BCUT2D eigenvalue weighted by atomic mass is 14.5. The maximum Gasteiger partial charge on any atom is 0.0719 e. The summed E-state index contributed by atoms with van der Waals surface area (Å²) in [5, 5.41) is 0. The molecule has 7 rings (SSSR count). The minimum Gasteiger partial charge on any atom is -0.0620 e. The minimum atomic E-state index is -0.350. The molecule has 0 aromatic heterocycles. The molecule has 0 amide bonds. The van der Waals surface area contributed by atoms with Gasteiger partial charge >= 0.3 is 0 Å². The van der Waals surface area contributed by atoms with Gasteiger partial charge < -0.3 is 0 Å². The summed E-state index contributed by atoms with van der Waals surface area (Å²) < 4.78 is 0. The fourth-order valence-corrected chi connectivity index (χ4v) is 6.20. The maximum atomic E-state index is 2.36. The van der Waals surface area contributed by atoms with Crippen molar-refractivity contribution in [2.24, 2.45) is 0 Å². The summed E-state index contributed by atoms with van der Waals surface area (Å²) in [6.07, 6.45) is 0.978. The van der Waals surface area contributed by atoms with Crippen molar-refractivity contribution in [1.82, 2.24) is 0 Å². The van der Waals surface area contributed by atoms with E-state index >= 15 is 0 Å². The first-order chi connectivity index (χ1) is 15.9. The number of rotatable bonds is 0. The Morgan fingerprint density at radius 3 is 1.16 bits per heavy atom. The highest BCUT2D eigenvalue weighted by Crippen LogP contribution is 2.57. The van der Waals surface area contributed by atoms with Crippen LogP contribution in [0.3, 0.4) is 0 Å². The highest BCUT2D eigenvalue weighted by molar-refractivity contribution is 5.93. The van der Waals surface area contributed by atoms with Crippen LogP contribution in [0, 0.1) is 0 Å². The predicted molar refractivity (Wildman–Crippen MR) is 132 cm³/mol. The lowest BCUT2D eigenvalue weighted by molar-refractivity contribution is 0.708. The summed E-state index contributed by atoms with van der Waals surface area (Å²) in [6.45, 7) is 0. The van der Waals surface area contributed by atoms with Gasteiger partial charge in [0, 0.05) is 0 Å². The van der Waals surface area contributed by atoms with Crippen LogP contribution in [-0.4, -0.2) is 0 Å². The van der Waals surface area contributed by atoms with Crippen molar-refractivity contribution in [3.8, 4) is 22.3 Å². The van der Waals surface area contributed by atoms with Crippen molar-refractivity contribution in [3.63, 3.8) is 0 Å². The zero-order valence-corrected chi connectivity index (χ0v) is 17.8. The molecule has 32 heavy (non-hydrogen) atoms. The van der Waals surface area contributed by atoms with Gasteiger partial charge in [0.05, 0.1) is 5.41 Å². The molecule has 2 aliphatic carbocycles. The van der Waals surface area contributed by atoms with E-state index in [-0.39, 0.29) is 5.41 Å². The van der Waals surface area contributed by atoms with Gasteiger partial charge in [0.2, 0.25) is 0 Å². The standard InChI is InChI=1S/C32H22/c1-7-17-28-22(11-1)21-23-12-2-8-18-29(23)32(28)30-19-9-5-15-26(30)24-13-3-4-14-25(24)27-16-6-10-20-31(27)32/h1-20H,21H2. The van der Waals surface area contributed by atoms with Crippen LogP contribution in [0.15, 0.2) is 121 Å². The summed E-state index contributed by atoms with van der Waals surface area (Å²) >= 11 is 0. The largest absolute Gasteiger partial charge is 0.0719 e. The second kappa shape index (κ2) is 6.55. The molecular weight excluding hydrogens is 384 g/mol. The van der Waals surface area contributed by atoms with E-state index in [0.29, 0.717) is 0 Å². The Labute approximate surface area is 188 Å². The van der Waals surface area contributed by atoms with E-state index in [0.717, 1.165) is 6.42 Å². The Hall–Kier alpha value is -3.90. The molecule has 0 N–H and O–H groups in total. The fraction of sp³-hybridized carbons (Fsp3) is 0.0625. The number of hydrogen-bond donors (Lipinski definition) is 0. The first-order valence-corrected chi connectivity index (χ1v) is 11.3. The van der Waals surface area contributed by atoms with E-state index in [1.165, 1.54) is 55.6 Å². The van der Waals surface area contributed by atoms with Crippen molar-refractivity contribution in [2.75, 3.05) is 0 Å². The molecule has 1 spiro atoms. The summed E-state index contributed by atoms with van der Waals surface area (Å²) in [5.74, 6) is 0. The van der Waals surface area contributed by atoms with Crippen molar-refractivity contribution in [2.45, 2.75) is 11.8 Å². The molecule has 0 heteroatoms. The molecule has 0 nitrogen and oxygen atoms in total. The maximum absolute atomic E-state index is 2.36. The Morgan fingerprint density at radius 2 is 0.688 bits per heavy atom. The molecule has 0 aliphatic heterocycles. The molecule has 0 unspecified atom stereocenters. The Morgan fingerprint density at radius 1 is 0.344 bits per heavy atom. The van der Waals surface area contributed by atoms with Crippen LogP contribution in [0.25, 0.3) is 22.3 Å². The third kappa shape index (κ3) is 2.17. The molecule has 0 saturated carbocycles. The number of fused-ring (bicyclic) bond motifs is 11. The zero-order chi connectivity index (χ0) is 21.1. The summed E-state index contributed by atoms with van der Waals surface area (Å²) in [7, 11) is 0. The molecule has 0 atom stereocenters. The van der Waals surface area contributed by atoms with Crippen LogP contribution in [-0.2, 0) is 11.8 Å². The summed E-state index contributed by atoms with van der Waals surface area (Å²) in [6, 6.07) is 45.1. The fourth-order valence-electron chi connectivity index (χ4n) is 6.20. The van der Waals surface area contributed by atoms with E-state index in [1.807, 2.05) is 0 Å². The van der Waals surface area contributed by atoms with Crippen LogP contribution >= 0.6 is 0 Å². The van der Waals surface area contributed by atoms with E-state index in [2.05, 4.69) is 121 Å². The van der Waals surface area contributed by atoms with E-state index in [4.69, 9.17) is 0 Å². The van der Waals surface area contributed by atoms with E-state index in [1.54, 1.807) is 0 Å². The van der Waals surface area contributed by atoms with Crippen LogP contribution < -0.4 is 0 Å². The van der Waals surface area contributed by atoms with Crippen molar-refractivity contribution < 1.29 is 0 Å². The van der Waals surface area contributed by atoms with Crippen molar-refractivity contribution in [1.29, 1.82) is 0 Å². The predicted octanol–water partition coefficient (Wildman–Crippen LogP) is 7.62. The van der Waals surface area contributed by atoms with Gasteiger partial charge in [-0.05, 0) is 62.1 Å². The summed E-state index contributed by atoms with van der Waals surface area (Å²) in [5.41, 5.74) is 13.3. The average Bonchev–Trinajstić information content (AvgIpc) is 2.97. The van der Waals surface area contributed by atoms with Crippen molar-refractivity contribution in [3.05, 3.63) is 155 Å². The third-order valence-corrected chi connectivity index (χ3v) is 7.39. The molecule has 5 aromatic carbocycles. The lowest BCUT2D eigenvalue weighted by Crippen LogP contribution is -2.36. The van der Waals surface area contributed by atoms with Crippen molar-refractivity contribution >= 4 is 0 Å². The topological polar surface area (TPSA) is 0 Å². The monoisotopic (exact) mass is 406 g/mol. The van der Waals surface area contributed by atoms with Crippen LogP contribution in [0.4, 0.5) is 0 Å². The van der Waals surface area contributed by atoms with Gasteiger partial charge in [-0.3, -0.25) is 0 Å². The molecule has 0 bridgehead atoms. The van der Waals surface area contributed by atoms with Gasteiger partial charge in [-0.15, -0.1) is 0 Å². The van der Waals surface area contributed by atoms with Crippen LogP contribution in [0.1, 0.15) is 33.4 Å². The van der Waals surface area contributed by atoms with Gasteiger partial charge in [-0.2, -0.15) is 0 Å². The molecule has 0 heterocycles. The van der Waals surface area contributed by atoms with Gasteiger partial charge in [0.15, 0.2) is 0 Å². The van der Waals surface area contributed by atoms with Gasteiger partial charge in [-0.1, -0.05) is 121 Å². The normalized spacial score (nSPS) is 14.4. The number of hydrogen-bond acceptors (Lipinski definition) is 0. The van der Waals surface area contributed by atoms with Crippen LogP contribution in [0.2, 0.25) is 0 Å². The molecule has 0 fully saturated rings. The first kappa shape index (κ1) is 17.7. The highest BCUT2D eigenvalue weighted by Gasteiger charge is 2.47. The minimum absolute atomic E-state index is 0.350. The smallest absolute Gasteiger partial charge is 0.0620 e. The van der Waals surface area contributed by atoms with E-state index in [9.17, 15) is 0 Å². The number of benzene rings is 5. The molecule has 5 aromatic rings. The first-order valence-electron chi connectivity index (χ1n) is 11.3. The summed E-state index contributed by atoms with van der Waals surface area (Å²) in [4.78, 5) is 0. The second-order valence-corrected chi connectivity index (χ2v) is 8.88. The van der Waals surface area contributed by atoms with Gasteiger partial charge in [0.25, 0.3) is 0 Å². The lowest BCUT2D eigenvalue weighted by Gasteiger charge is -2.43. The van der Waals surface area contributed by atoms with Gasteiger partial charge in [-0.25, -0.2) is 0 Å². The van der Waals surface area contributed by atoms with Crippen LogP contribution in [0.5, 0.6) is 0 Å². The quantitative estimate of drug-likeness (QED) is 0.243. The molecule has 0 saturated heterocycles. The van der Waals surface area contributed by atoms with E-state index < -0.39 is 0 Å². The Bertz CT molecular complexity index is 1390. The Kier molecular flexibility index (Phi) is 3.63. The Balaban J connectivity index is 1.77. The molecular formula is C32H22. The molecule has 0 radical (unpaired) electrons. The SMILES string of the molecule is c1ccc2c(c1)Cc1ccccc1C21c2ccccc2-c2ccccc2-c2ccccc21. The zero-order valence-electron chi connectivity index (χ0n) is 17.8. The molecule has 2 aliphatic rings. The molecule has 150 valence electrons. The van der Waals surface area contributed by atoms with Gasteiger partial charge in [0.1, 0.15) is 0 Å².